The number of carbonyl (C=O) groups excluding carboxylic acids is 1. The highest BCUT2D eigenvalue weighted by atomic mass is 32.2. The van der Waals surface area contributed by atoms with E-state index in [0.717, 1.165) is 39.6 Å². The molecule has 1 heterocycles. The predicted molar refractivity (Wildman–Crippen MR) is 149 cm³/mol. The summed E-state index contributed by atoms with van der Waals surface area (Å²) in [5.41, 5.74) is 2.89. The van der Waals surface area contributed by atoms with Crippen LogP contribution in [0.4, 0.5) is 10.8 Å². The third-order valence-electron chi connectivity index (χ3n) is 8.50. The molecule has 0 aliphatic heterocycles. The Balaban J connectivity index is 1.15. The molecule has 1 amide bonds. The van der Waals surface area contributed by atoms with Crippen molar-refractivity contribution in [3.63, 3.8) is 0 Å². The van der Waals surface area contributed by atoms with Crippen LogP contribution < -0.4 is 14.4 Å². The van der Waals surface area contributed by atoms with Gasteiger partial charge in [-0.15, -0.1) is 10.2 Å². The highest BCUT2D eigenvalue weighted by Crippen LogP contribution is 2.60. The molecule has 4 saturated carbocycles. The molecule has 0 atom stereocenters. The molecule has 1 aromatic heterocycles. The van der Waals surface area contributed by atoms with E-state index in [9.17, 15) is 13.2 Å². The molecule has 0 saturated heterocycles. The number of anilines is 2. The van der Waals surface area contributed by atoms with Crippen molar-refractivity contribution in [1.82, 2.24) is 10.2 Å². The van der Waals surface area contributed by atoms with Gasteiger partial charge >= 0.3 is 0 Å². The zero-order valence-corrected chi connectivity index (χ0v) is 23.2. The number of amides is 1. The van der Waals surface area contributed by atoms with Gasteiger partial charge in [0.2, 0.25) is 21.1 Å². The SMILES string of the molecule is COc1ccc(-c2nnc(NC(=O)CN(c3ccc(C45CC6CC(CC(C6)C4)C5)cc3)S(C)(=O)=O)s2)cc1. The lowest BCUT2D eigenvalue weighted by Gasteiger charge is -2.57. The van der Waals surface area contributed by atoms with Crippen LogP contribution in [0.25, 0.3) is 10.6 Å². The fraction of sp³-hybridized carbons (Fsp3) is 0.464. The maximum atomic E-state index is 12.9. The van der Waals surface area contributed by atoms with E-state index in [0.29, 0.717) is 15.8 Å². The molecular weight excluding hydrogens is 520 g/mol. The molecule has 1 N–H and O–H groups in total. The van der Waals surface area contributed by atoms with Crippen molar-refractivity contribution >= 4 is 38.1 Å². The van der Waals surface area contributed by atoms with Crippen molar-refractivity contribution in [3.8, 4) is 16.3 Å². The van der Waals surface area contributed by atoms with Crippen molar-refractivity contribution in [3.05, 3.63) is 54.1 Å². The summed E-state index contributed by atoms with van der Waals surface area (Å²) < 4.78 is 31.7. The number of aromatic nitrogens is 2. The molecule has 200 valence electrons. The maximum absolute atomic E-state index is 12.9. The number of rotatable bonds is 8. The van der Waals surface area contributed by atoms with E-state index in [1.807, 2.05) is 36.4 Å². The third kappa shape index (κ3) is 4.91. The average Bonchev–Trinajstić information content (AvgIpc) is 3.34. The number of nitrogens with zero attached hydrogens (tertiary/aromatic N) is 3. The van der Waals surface area contributed by atoms with E-state index >= 15 is 0 Å². The number of hydrogen-bond acceptors (Lipinski definition) is 7. The first-order valence-corrected chi connectivity index (χ1v) is 15.7. The largest absolute Gasteiger partial charge is 0.497 e. The number of carbonyl (C=O) groups is 1. The van der Waals surface area contributed by atoms with Crippen LogP contribution in [0.2, 0.25) is 0 Å². The highest BCUT2D eigenvalue weighted by Gasteiger charge is 2.51. The first-order valence-electron chi connectivity index (χ1n) is 13.1. The van der Waals surface area contributed by atoms with E-state index in [4.69, 9.17) is 4.74 Å². The van der Waals surface area contributed by atoms with Crippen LogP contribution in [-0.4, -0.2) is 44.4 Å². The second-order valence-corrected chi connectivity index (χ2v) is 14.1. The minimum absolute atomic E-state index is 0.236. The Hall–Kier alpha value is -2.98. The molecular formula is C28H32N4O4S2. The van der Waals surface area contributed by atoms with Crippen LogP contribution in [0.1, 0.15) is 44.1 Å². The van der Waals surface area contributed by atoms with Gasteiger partial charge in [-0.25, -0.2) is 8.42 Å². The fourth-order valence-electron chi connectivity index (χ4n) is 7.26. The molecule has 0 spiro atoms. The van der Waals surface area contributed by atoms with Crippen LogP contribution in [0.3, 0.4) is 0 Å². The van der Waals surface area contributed by atoms with Crippen molar-refractivity contribution in [2.24, 2.45) is 17.8 Å². The quantitative estimate of drug-likeness (QED) is 0.418. The standard InChI is InChI=1S/C28H32N4O4S2/c1-36-24-9-3-21(4-10-24)26-30-31-27(37-26)29-25(33)17-32(38(2,34)35)23-7-5-22(6-8-23)28-14-18-11-19(15-28)13-20(12-18)16-28/h3-10,18-20H,11-17H2,1-2H3,(H,29,31,33). The van der Waals surface area contributed by atoms with E-state index in [2.05, 4.69) is 27.6 Å². The molecule has 4 aliphatic carbocycles. The molecule has 4 bridgehead atoms. The van der Waals surface area contributed by atoms with Crippen molar-refractivity contribution in [2.75, 3.05) is 29.5 Å². The molecule has 4 aliphatic rings. The Bertz CT molecular complexity index is 1400. The Labute approximate surface area is 227 Å². The summed E-state index contributed by atoms with van der Waals surface area (Å²) in [7, 11) is -2.08. The van der Waals surface area contributed by atoms with Crippen LogP contribution in [-0.2, 0) is 20.2 Å². The minimum Gasteiger partial charge on any atom is -0.497 e. The number of benzene rings is 2. The number of methoxy groups -OCH3 is 1. The Morgan fingerprint density at radius 1 is 1.00 bits per heavy atom. The van der Waals surface area contributed by atoms with Gasteiger partial charge in [-0.05, 0) is 104 Å². The summed E-state index contributed by atoms with van der Waals surface area (Å²) in [6.45, 7) is -0.340. The number of hydrogen-bond donors (Lipinski definition) is 1. The van der Waals surface area contributed by atoms with Gasteiger partial charge in [-0.2, -0.15) is 0 Å². The summed E-state index contributed by atoms with van der Waals surface area (Å²) in [5, 5.41) is 11.9. The van der Waals surface area contributed by atoms with Crippen LogP contribution in [0.5, 0.6) is 5.75 Å². The lowest BCUT2D eigenvalue weighted by atomic mass is 9.48. The summed E-state index contributed by atoms with van der Waals surface area (Å²) in [5.74, 6) is 2.77. The van der Waals surface area contributed by atoms with Crippen LogP contribution >= 0.6 is 11.3 Å². The normalized spacial score (nSPS) is 25.8. The zero-order chi connectivity index (χ0) is 26.5. The monoisotopic (exact) mass is 552 g/mol. The first-order chi connectivity index (χ1) is 18.2. The fourth-order valence-corrected chi connectivity index (χ4v) is 8.88. The molecule has 10 heteroatoms. The molecule has 7 rings (SSSR count). The average molecular weight is 553 g/mol. The third-order valence-corrected chi connectivity index (χ3v) is 10.5. The molecule has 38 heavy (non-hydrogen) atoms. The maximum Gasteiger partial charge on any atom is 0.246 e. The van der Waals surface area contributed by atoms with Crippen molar-refractivity contribution in [1.29, 1.82) is 0 Å². The molecule has 8 nitrogen and oxygen atoms in total. The summed E-state index contributed by atoms with van der Waals surface area (Å²) in [4.78, 5) is 12.9. The molecule has 0 radical (unpaired) electrons. The summed E-state index contributed by atoms with van der Waals surface area (Å²) in [6.07, 6.45) is 9.00. The Morgan fingerprint density at radius 3 is 2.16 bits per heavy atom. The van der Waals surface area contributed by atoms with Crippen molar-refractivity contribution < 1.29 is 17.9 Å². The van der Waals surface area contributed by atoms with E-state index in [1.54, 1.807) is 7.11 Å². The van der Waals surface area contributed by atoms with Gasteiger partial charge in [0.05, 0.1) is 19.1 Å². The van der Waals surface area contributed by atoms with Gasteiger partial charge in [-0.3, -0.25) is 14.4 Å². The van der Waals surface area contributed by atoms with E-state index in [-0.39, 0.29) is 12.0 Å². The topological polar surface area (TPSA) is 101 Å². The second-order valence-electron chi connectivity index (χ2n) is 11.2. The smallest absolute Gasteiger partial charge is 0.246 e. The second kappa shape index (κ2) is 9.64. The summed E-state index contributed by atoms with van der Waals surface area (Å²) in [6, 6.07) is 15.3. The number of sulfonamides is 1. The zero-order valence-electron chi connectivity index (χ0n) is 21.6. The van der Waals surface area contributed by atoms with Crippen LogP contribution in [0.15, 0.2) is 48.5 Å². The van der Waals surface area contributed by atoms with E-state index in [1.165, 1.54) is 55.4 Å². The lowest BCUT2D eigenvalue weighted by Crippen LogP contribution is -2.48. The van der Waals surface area contributed by atoms with Gasteiger partial charge in [0, 0.05) is 5.56 Å². The number of nitrogens with one attached hydrogen (secondary N) is 1. The van der Waals surface area contributed by atoms with Gasteiger partial charge in [0.25, 0.3) is 0 Å². The number of ether oxygens (including phenoxy) is 1. The lowest BCUT2D eigenvalue weighted by molar-refractivity contribution is -0.114. The molecule has 4 fully saturated rings. The van der Waals surface area contributed by atoms with E-state index < -0.39 is 15.9 Å². The van der Waals surface area contributed by atoms with Crippen LogP contribution in [0, 0.1) is 17.8 Å². The molecule has 2 aromatic carbocycles. The van der Waals surface area contributed by atoms with Crippen molar-refractivity contribution in [2.45, 2.75) is 43.9 Å². The highest BCUT2D eigenvalue weighted by molar-refractivity contribution is 7.92. The Morgan fingerprint density at radius 2 is 1.61 bits per heavy atom. The molecule has 0 unspecified atom stereocenters. The van der Waals surface area contributed by atoms with Gasteiger partial charge in [0.15, 0.2) is 0 Å². The predicted octanol–water partition coefficient (Wildman–Crippen LogP) is 5.09. The Kier molecular flexibility index (Phi) is 6.42. The van der Waals surface area contributed by atoms with Gasteiger partial charge < -0.3 is 4.74 Å². The van der Waals surface area contributed by atoms with Gasteiger partial charge in [0.1, 0.15) is 17.3 Å². The summed E-state index contributed by atoms with van der Waals surface area (Å²) >= 11 is 1.22. The molecule has 3 aromatic rings. The first kappa shape index (κ1) is 25.3. The van der Waals surface area contributed by atoms with Gasteiger partial charge in [-0.1, -0.05) is 23.5 Å². The minimum atomic E-state index is -3.68.